The molecule has 1 aliphatic heterocycles. The van der Waals surface area contributed by atoms with E-state index in [0.29, 0.717) is 43.4 Å². The van der Waals surface area contributed by atoms with Crippen LogP contribution in [-0.4, -0.2) is 56.4 Å². The number of aryl methyl sites for hydroxylation is 1. The lowest BCUT2D eigenvalue weighted by Gasteiger charge is -2.36. The second kappa shape index (κ2) is 10.8. The van der Waals surface area contributed by atoms with Gasteiger partial charge >= 0.3 is 6.03 Å². The normalized spacial score (nSPS) is 16.0. The fourth-order valence-electron chi connectivity index (χ4n) is 5.28. The maximum Gasteiger partial charge on any atom is 0.330 e. The number of benzene rings is 1. The number of nitrogens with zero attached hydrogens (tertiary/aromatic N) is 5. The first-order valence-electron chi connectivity index (χ1n) is 13.2. The van der Waals surface area contributed by atoms with E-state index >= 15 is 0 Å². The minimum absolute atomic E-state index is 0.00467. The van der Waals surface area contributed by atoms with Crippen LogP contribution in [0.25, 0.3) is 17.1 Å². The Hall–Kier alpha value is -3.65. The number of ether oxygens (including phenoxy) is 1. The SMILES string of the molecule is C=C1c2c(nc(-c3ccc(OC4CCCC4)nc3C)n2Cc2ccccc2)N(CC)C(=O)N1CCCO. The molecule has 0 radical (unpaired) electrons. The number of carbonyl (C=O) groups is 1. The van der Waals surface area contributed by atoms with Crippen LogP contribution in [0.1, 0.15) is 56.0 Å². The minimum atomic E-state index is -0.167. The van der Waals surface area contributed by atoms with Crippen molar-refractivity contribution in [2.75, 3.05) is 24.6 Å². The van der Waals surface area contributed by atoms with Gasteiger partial charge in [0.05, 0.1) is 11.4 Å². The number of aliphatic hydroxyl groups excluding tert-OH is 1. The van der Waals surface area contributed by atoms with Crippen molar-refractivity contribution in [3.63, 3.8) is 0 Å². The van der Waals surface area contributed by atoms with Gasteiger partial charge in [-0.1, -0.05) is 36.9 Å². The fraction of sp³-hybridized carbons (Fsp3) is 0.414. The van der Waals surface area contributed by atoms with E-state index in [9.17, 15) is 9.90 Å². The number of rotatable bonds is 9. The molecule has 0 atom stereocenters. The lowest BCUT2D eigenvalue weighted by Crippen LogP contribution is -2.47. The van der Waals surface area contributed by atoms with Gasteiger partial charge in [-0.05, 0) is 57.6 Å². The summed E-state index contributed by atoms with van der Waals surface area (Å²) in [7, 11) is 0. The van der Waals surface area contributed by atoms with E-state index in [-0.39, 0.29) is 18.7 Å². The lowest BCUT2D eigenvalue weighted by molar-refractivity contribution is 0.201. The number of urea groups is 1. The molecule has 0 saturated heterocycles. The van der Waals surface area contributed by atoms with Crippen LogP contribution >= 0.6 is 0 Å². The van der Waals surface area contributed by atoms with E-state index in [0.717, 1.165) is 41.2 Å². The summed E-state index contributed by atoms with van der Waals surface area (Å²) in [4.78, 5) is 26.5. The Bertz CT molecular complexity index is 1280. The molecular formula is C29H35N5O3. The Morgan fingerprint density at radius 3 is 2.51 bits per heavy atom. The summed E-state index contributed by atoms with van der Waals surface area (Å²) in [5.41, 5.74) is 4.24. The van der Waals surface area contributed by atoms with Gasteiger partial charge in [-0.15, -0.1) is 0 Å². The second-order valence-electron chi connectivity index (χ2n) is 9.69. The lowest BCUT2D eigenvalue weighted by atomic mass is 10.1. The molecular weight excluding hydrogens is 466 g/mol. The number of aliphatic hydroxyl groups is 1. The monoisotopic (exact) mass is 501 g/mol. The molecule has 1 fully saturated rings. The van der Waals surface area contributed by atoms with E-state index in [1.54, 1.807) is 9.80 Å². The Morgan fingerprint density at radius 2 is 1.84 bits per heavy atom. The number of pyridine rings is 1. The molecule has 8 heteroatoms. The maximum absolute atomic E-state index is 13.4. The predicted molar refractivity (Wildman–Crippen MR) is 144 cm³/mol. The van der Waals surface area contributed by atoms with E-state index in [1.807, 2.05) is 44.2 Å². The molecule has 2 amide bonds. The van der Waals surface area contributed by atoms with Gasteiger partial charge in [-0.3, -0.25) is 9.80 Å². The summed E-state index contributed by atoms with van der Waals surface area (Å²) < 4.78 is 8.27. The molecule has 1 aromatic carbocycles. The number of fused-ring (bicyclic) bond motifs is 1. The van der Waals surface area contributed by atoms with Crippen LogP contribution in [0.5, 0.6) is 5.88 Å². The number of amides is 2. The quantitative estimate of drug-likeness (QED) is 0.434. The maximum atomic E-state index is 13.4. The summed E-state index contributed by atoms with van der Waals surface area (Å²) in [5.74, 6) is 1.99. The number of aromatic nitrogens is 3. The summed E-state index contributed by atoms with van der Waals surface area (Å²) in [6.07, 6.45) is 5.27. The molecule has 0 bridgehead atoms. The average Bonchev–Trinajstić information content (AvgIpc) is 3.53. The largest absolute Gasteiger partial charge is 0.474 e. The Kier molecular flexibility index (Phi) is 7.28. The van der Waals surface area contributed by atoms with Crippen LogP contribution in [0.3, 0.4) is 0 Å². The van der Waals surface area contributed by atoms with Gasteiger partial charge in [0.25, 0.3) is 0 Å². The summed E-state index contributed by atoms with van der Waals surface area (Å²) in [6, 6.07) is 14.0. The number of hydrogen-bond donors (Lipinski definition) is 1. The first-order chi connectivity index (χ1) is 18.0. The van der Waals surface area contributed by atoms with Crippen molar-refractivity contribution in [1.29, 1.82) is 0 Å². The van der Waals surface area contributed by atoms with Crippen LogP contribution < -0.4 is 9.64 Å². The molecule has 2 aromatic heterocycles. The summed E-state index contributed by atoms with van der Waals surface area (Å²) in [5, 5.41) is 9.42. The van der Waals surface area contributed by atoms with E-state index in [1.165, 1.54) is 12.8 Å². The molecule has 5 rings (SSSR count). The fourth-order valence-corrected chi connectivity index (χ4v) is 5.28. The van der Waals surface area contributed by atoms with Gasteiger partial charge in [-0.2, -0.15) is 0 Å². The highest BCUT2D eigenvalue weighted by Crippen LogP contribution is 2.39. The van der Waals surface area contributed by atoms with Crippen molar-refractivity contribution in [3.05, 3.63) is 66.0 Å². The number of anilines is 1. The first-order valence-corrected chi connectivity index (χ1v) is 13.2. The van der Waals surface area contributed by atoms with Crippen molar-refractivity contribution < 1.29 is 14.6 Å². The standard InChI is InChI=1S/C29H35N5O3/c1-4-32-28-26(21(3)33(29(32)36)17-10-18-35)34(19-22-11-6-5-7-12-22)27(31-28)24-15-16-25(30-20(24)2)37-23-13-8-9-14-23/h5-7,11-12,15-16,23,35H,3-4,8-10,13-14,17-19H2,1-2H3. The zero-order chi connectivity index (χ0) is 25.9. The molecule has 3 aromatic rings. The highest BCUT2D eigenvalue weighted by atomic mass is 16.5. The highest BCUT2D eigenvalue weighted by Gasteiger charge is 2.37. The second-order valence-corrected chi connectivity index (χ2v) is 9.69. The highest BCUT2D eigenvalue weighted by molar-refractivity contribution is 6.03. The van der Waals surface area contributed by atoms with Crippen LogP contribution in [-0.2, 0) is 6.54 Å². The van der Waals surface area contributed by atoms with Crippen molar-refractivity contribution in [1.82, 2.24) is 19.4 Å². The van der Waals surface area contributed by atoms with E-state index < -0.39 is 0 Å². The van der Waals surface area contributed by atoms with E-state index in [4.69, 9.17) is 14.7 Å². The van der Waals surface area contributed by atoms with Gasteiger partial charge < -0.3 is 14.4 Å². The molecule has 1 aliphatic carbocycles. The molecule has 2 aliphatic rings. The van der Waals surface area contributed by atoms with Gasteiger partial charge in [0.1, 0.15) is 17.6 Å². The summed E-state index contributed by atoms with van der Waals surface area (Å²) in [6.45, 7) is 9.67. The van der Waals surface area contributed by atoms with Crippen molar-refractivity contribution >= 4 is 17.5 Å². The topological polar surface area (TPSA) is 83.7 Å². The first kappa shape index (κ1) is 25.0. The van der Waals surface area contributed by atoms with Gasteiger partial charge in [0.2, 0.25) is 5.88 Å². The Labute approximate surface area is 218 Å². The molecule has 1 N–H and O–H groups in total. The Morgan fingerprint density at radius 1 is 1.08 bits per heavy atom. The van der Waals surface area contributed by atoms with Crippen LogP contribution in [0, 0.1) is 6.92 Å². The molecule has 1 saturated carbocycles. The molecule has 0 unspecified atom stereocenters. The molecule has 194 valence electrons. The van der Waals surface area contributed by atoms with Gasteiger partial charge in [-0.25, -0.2) is 14.8 Å². The summed E-state index contributed by atoms with van der Waals surface area (Å²) >= 11 is 0. The minimum Gasteiger partial charge on any atom is -0.474 e. The molecule has 3 heterocycles. The molecule has 8 nitrogen and oxygen atoms in total. The van der Waals surface area contributed by atoms with Gasteiger partial charge in [0.15, 0.2) is 5.82 Å². The van der Waals surface area contributed by atoms with Crippen molar-refractivity contribution in [2.24, 2.45) is 0 Å². The molecule has 37 heavy (non-hydrogen) atoms. The molecule has 0 spiro atoms. The average molecular weight is 502 g/mol. The smallest absolute Gasteiger partial charge is 0.330 e. The third kappa shape index (κ3) is 4.85. The number of carbonyl (C=O) groups excluding carboxylic acids is 1. The predicted octanol–water partition coefficient (Wildman–Crippen LogP) is 5.24. The Balaban J connectivity index is 1.61. The van der Waals surface area contributed by atoms with Crippen LogP contribution in [0.2, 0.25) is 0 Å². The third-order valence-electron chi connectivity index (χ3n) is 7.20. The van der Waals surface area contributed by atoms with Crippen LogP contribution in [0.4, 0.5) is 10.6 Å². The van der Waals surface area contributed by atoms with E-state index in [2.05, 4.69) is 23.3 Å². The number of hydrogen-bond acceptors (Lipinski definition) is 5. The third-order valence-corrected chi connectivity index (χ3v) is 7.20. The van der Waals surface area contributed by atoms with Crippen molar-refractivity contribution in [2.45, 2.75) is 58.6 Å². The van der Waals surface area contributed by atoms with Gasteiger partial charge in [0, 0.05) is 37.9 Å². The zero-order valence-corrected chi connectivity index (χ0v) is 21.7. The van der Waals surface area contributed by atoms with Crippen LogP contribution in [0.15, 0.2) is 49.0 Å². The van der Waals surface area contributed by atoms with Crippen molar-refractivity contribution in [3.8, 4) is 17.3 Å². The zero-order valence-electron chi connectivity index (χ0n) is 21.7. The number of imidazole rings is 1.